The summed E-state index contributed by atoms with van der Waals surface area (Å²) < 4.78 is 49.9. The third-order valence-corrected chi connectivity index (χ3v) is 3.54. The van der Waals surface area contributed by atoms with E-state index < -0.39 is 27.6 Å². The normalized spacial score (nSPS) is 11.3. The van der Waals surface area contributed by atoms with Crippen molar-refractivity contribution in [3.05, 3.63) is 29.8 Å². The number of carboxylic acid groups (broad SMARTS) is 1. The van der Waals surface area contributed by atoms with Crippen LogP contribution >= 0.6 is 0 Å². The number of carboxylic acids is 1. The van der Waals surface area contributed by atoms with Gasteiger partial charge in [0.05, 0.1) is 11.9 Å². The van der Waals surface area contributed by atoms with Gasteiger partial charge >= 0.3 is 5.97 Å². The highest BCUT2D eigenvalue weighted by atomic mass is 32.2. The van der Waals surface area contributed by atoms with Crippen LogP contribution in [-0.2, 0) is 14.8 Å². The second-order valence-corrected chi connectivity index (χ2v) is 5.84. The van der Waals surface area contributed by atoms with Gasteiger partial charge in [-0.25, -0.2) is 17.2 Å². The number of halogens is 2. The van der Waals surface area contributed by atoms with E-state index in [2.05, 4.69) is 0 Å². The maximum atomic E-state index is 13.1. The minimum atomic E-state index is -3.69. The molecule has 1 aromatic rings. The van der Waals surface area contributed by atoms with Crippen molar-refractivity contribution < 1.29 is 27.1 Å². The van der Waals surface area contributed by atoms with Crippen molar-refractivity contribution in [2.45, 2.75) is 12.8 Å². The molecular formula is C11H13F2NO4S. The van der Waals surface area contributed by atoms with Crippen LogP contribution in [0, 0.1) is 11.6 Å². The first kappa shape index (κ1) is 15.4. The molecule has 0 radical (unpaired) electrons. The Balaban J connectivity index is 2.97. The zero-order chi connectivity index (χ0) is 14.6. The van der Waals surface area contributed by atoms with E-state index in [1.165, 1.54) is 0 Å². The fourth-order valence-electron chi connectivity index (χ4n) is 1.50. The van der Waals surface area contributed by atoms with Crippen LogP contribution in [0.4, 0.5) is 14.5 Å². The van der Waals surface area contributed by atoms with Crippen LogP contribution in [0.2, 0.25) is 0 Å². The molecule has 19 heavy (non-hydrogen) atoms. The fraction of sp³-hybridized carbons (Fsp3) is 0.364. The van der Waals surface area contributed by atoms with Gasteiger partial charge in [-0.2, -0.15) is 0 Å². The summed E-state index contributed by atoms with van der Waals surface area (Å²) in [4.78, 5) is 10.4. The Labute approximate surface area is 109 Å². The molecule has 0 spiro atoms. The summed E-state index contributed by atoms with van der Waals surface area (Å²) in [5, 5.41) is 8.50. The van der Waals surface area contributed by atoms with Gasteiger partial charge in [0.2, 0.25) is 10.0 Å². The maximum Gasteiger partial charge on any atom is 0.303 e. The van der Waals surface area contributed by atoms with Gasteiger partial charge in [0.25, 0.3) is 0 Å². The number of anilines is 1. The van der Waals surface area contributed by atoms with Crippen molar-refractivity contribution in [1.82, 2.24) is 0 Å². The van der Waals surface area contributed by atoms with E-state index in [9.17, 15) is 22.0 Å². The second-order valence-electron chi connectivity index (χ2n) is 3.93. The summed E-state index contributed by atoms with van der Waals surface area (Å²) in [5.41, 5.74) is -0.0354. The molecule has 106 valence electrons. The topological polar surface area (TPSA) is 74.7 Å². The Morgan fingerprint density at radius 3 is 2.42 bits per heavy atom. The van der Waals surface area contributed by atoms with Crippen molar-refractivity contribution in [1.29, 1.82) is 0 Å². The lowest BCUT2D eigenvalue weighted by molar-refractivity contribution is -0.137. The summed E-state index contributed by atoms with van der Waals surface area (Å²) in [6.07, 6.45) is 0.770. The zero-order valence-corrected chi connectivity index (χ0v) is 11.0. The van der Waals surface area contributed by atoms with Crippen molar-refractivity contribution in [2.75, 3.05) is 17.1 Å². The van der Waals surface area contributed by atoms with Crippen molar-refractivity contribution in [2.24, 2.45) is 0 Å². The third-order valence-electron chi connectivity index (χ3n) is 2.34. The number of sulfonamides is 1. The second kappa shape index (κ2) is 5.96. The Bertz CT molecular complexity index is 574. The van der Waals surface area contributed by atoms with Gasteiger partial charge in [0.1, 0.15) is 0 Å². The lowest BCUT2D eigenvalue weighted by atomic mass is 10.2. The largest absolute Gasteiger partial charge is 0.481 e. The molecule has 0 saturated carbocycles. The molecule has 0 atom stereocenters. The van der Waals surface area contributed by atoms with Crippen LogP contribution in [-0.4, -0.2) is 32.3 Å². The number of aliphatic carboxylic acids is 1. The molecule has 1 aromatic carbocycles. The van der Waals surface area contributed by atoms with E-state index in [0.717, 1.165) is 28.8 Å². The Kier molecular flexibility index (Phi) is 4.82. The molecule has 0 aliphatic rings. The highest BCUT2D eigenvalue weighted by Gasteiger charge is 2.18. The molecule has 8 heteroatoms. The average molecular weight is 293 g/mol. The van der Waals surface area contributed by atoms with E-state index >= 15 is 0 Å². The van der Waals surface area contributed by atoms with E-state index in [1.807, 2.05) is 0 Å². The highest BCUT2D eigenvalue weighted by Crippen LogP contribution is 2.21. The predicted octanol–water partition coefficient (Wildman–Crippen LogP) is 1.60. The van der Waals surface area contributed by atoms with Crippen molar-refractivity contribution in [3.8, 4) is 0 Å². The standard InChI is InChI=1S/C11H13F2NO4S/c1-19(17,18)14(6-2-3-11(15)16)8-4-5-9(12)10(13)7-8/h4-5,7H,2-3,6H2,1H3,(H,15,16). The van der Waals surface area contributed by atoms with Gasteiger partial charge in [-0.1, -0.05) is 0 Å². The SMILES string of the molecule is CS(=O)(=O)N(CCCC(=O)O)c1ccc(F)c(F)c1. The van der Waals surface area contributed by atoms with Gasteiger partial charge in [0.15, 0.2) is 11.6 Å². The average Bonchev–Trinajstić information content (AvgIpc) is 2.26. The number of nitrogens with zero attached hydrogens (tertiary/aromatic N) is 1. The van der Waals surface area contributed by atoms with Crippen LogP contribution in [0.15, 0.2) is 18.2 Å². The van der Waals surface area contributed by atoms with E-state index in [-0.39, 0.29) is 25.1 Å². The predicted molar refractivity (Wildman–Crippen MR) is 65.4 cm³/mol. The first-order valence-electron chi connectivity index (χ1n) is 5.36. The van der Waals surface area contributed by atoms with E-state index in [1.54, 1.807) is 0 Å². The van der Waals surface area contributed by atoms with Gasteiger partial charge in [0, 0.05) is 19.0 Å². The molecule has 5 nitrogen and oxygen atoms in total. The molecule has 0 saturated heterocycles. The number of benzene rings is 1. The van der Waals surface area contributed by atoms with Gasteiger partial charge in [-0.15, -0.1) is 0 Å². The molecule has 1 N–H and O–H groups in total. The summed E-state index contributed by atoms with van der Waals surface area (Å²) in [6.45, 7) is -0.115. The Hall–Kier alpha value is -1.70. The van der Waals surface area contributed by atoms with Crippen LogP contribution < -0.4 is 4.31 Å². The molecule has 0 amide bonds. The number of hydrogen-bond acceptors (Lipinski definition) is 3. The minimum absolute atomic E-state index is 0.0354. The van der Waals surface area contributed by atoms with Crippen molar-refractivity contribution >= 4 is 21.7 Å². The van der Waals surface area contributed by atoms with E-state index in [0.29, 0.717) is 0 Å². The molecule has 0 fully saturated rings. The number of rotatable bonds is 6. The first-order chi connectivity index (χ1) is 8.71. The lowest BCUT2D eigenvalue weighted by Gasteiger charge is -2.22. The fourth-order valence-corrected chi connectivity index (χ4v) is 2.46. The summed E-state index contributed by atoms with van der Waals surface area (Å²) in [5.74, 6) is -3.30. The quantitative estimate of drug-likeness (QED) is 0.864. The van der Waals surface area contributed by atoms with Gasteiger partial charge in [-0.3, -0.25) is 9.10 Å². The molecule has 0 aliphatic carbocycles. The molecular weight excluding hydrogens is 280 g/mol. The first-order valence-corrected chi connectivity index (χ1v) is 7.21. The summed E-state index contributed by atoms with van der Waals surface area (Å²) in [7, 11) is -3.69. The van der Waals surface area contributed by atoms with E-state index in [4.69, 9.17) is 5.11 Å². The molecule has 0 aromatic heterocycles. The minimum Gasteiger partial charge on any atom is -0.481 e. The van der Waals surface area contributed by atoms with Crippen LogP contribution in [0.1, 0.15) is 12.8 Å². The highest BCUT2D eigenvalue weighted by molar-refractivity contribution is 7.92. The molecule has 0 unspecified atom stereocenters. The van der Waals surface area contributed by atoms with Crippen molar-refractivity contribution in [3.63, 3.8) is 0 Å². The van der Waals surface area contributed by atoms with Crippen LogP contribution in [0.25, 0.3) is 0 Å². The third kappa shape index (κ3) is 4.47. The van der Waals surface area contributed by atoms with Gasteiger partial charge in [-0.05, 0) is 18.6 Å². The Morgan fingerprint density at radius 1 is 1.32 bits per heavy atom. The molecule has 0 bridgehead atoms. The molecule has 1 rings (SSSR count). The number of carbonyl (C=O) groups is 1. The summed E-state index contributed by atoms with van der Waals surface area (Å²) in [6, 6.07) is 2.71. The number of hydrogen-bond donors (Lipinski definition) is 1. The van der Waals surface area contributed by atoms with Crippen LogP contribution in [0.5, 0.6) is 0 Å². The smallest absolute Gasteiger partial charge is 0.303 e. The molecule has 0 aliphatic heterocycles. The summed E-state index contributed by atoms with van der Waals surface area (Å²) >= 11 is 0. The maximum absolute atomic E-state index is 13.1. The van der Waals surface area contributed by atoms with Crippen LogP contribution in [0.3, 0.4) is 0 Å². The monoisotopic (exact) mass is 293 g/mol. The lowest BCUT2D eigenvalue weighted by Crippen LogP contribution is -2.31. The molecule has 0 heterocycles. The van der Waals surface area contributed by atoms with Gasteiger partial charge < -0.3 is 5.11 Å². The Morgan fingerprint density at radius 2 is 1.95 bits per heavy atom. The zero-order valence-electron chi connectivity index (χ0n) is 10.1.